The fraction of sp³-hybridized carbons (Fsp3) is 0.556. The Morgan fingerprint density at radius 2 is 2.40 bits per heavy atom. The van der Waals surface area contributed by atoms with Crippen LogP contribution in [0.25, 0.3) is 0 Å². The van der Waals surface area contributed by atoms with E-state index in [9.17, 15) is 0 Å². The van der Waals surface area contributed by atoms with Crippen LogP contribution in [0.3, 0.4) is 0 Å². The maximum Gasteiger partial charge on any atom is 0.0359 e. The minimum atomic E-state index is 1.09. The van der Waals surface area contributed by atoms with Crippen LogP contribution in [0.5, 0.6) is 0 Å². The van der Waals surface area contributed by atoms with Gasteiger partial charge in [-0.3, -0.25) is 0 Å². The molecule has 1 aliphatic heterocycles. The number of nitrogens with zero attached hydrogens (tertiary/aromatic N) is 1. The number of rotatable bonds is 2. The molecule has 10 heavy (non-hydrogen) atoms. The van der Waals surface area contributed by atoms with Crippen molar-refractivity contribution in [3.05, 3.63) is 23.9 Å². The lowest BCUT2D eigenvalue weighted by Gasteiger charge is -2.20. The summed E-state index contributed by atoms with van der Waals surface area (Å²) in [7, 11) is 0. The lowest BCUT2D eigenvalue weighted by atomic mass is 10.2. The van der Waals surface area contributed by atoms with Gasteiger partial charge in [-0.2, -0.15) is 0 Å². The van der Waals surface area contributed by atoms with Gasteiger partial charge in [0.15, 0.2) is 0 Å². The quantitative estimate of drug-likeness (QED) is 0.564. The molecule has 0 spiro atoms. The Kier molecular flexibility index (Phi) is 2.55. The van der Waals surface area contributed by atoms with Crippen LogP contribution in [0, 0.1) is 0 Å². The molecule has 0 saturated carbocycles. The van der Waals surface area contributed by atoms with Crippen molar-refractivity contribution in [1.82, 2.24) is 4.90 Å². The molecule has 0 aromatic heterocycles. The highest BCUT2D eigenvalue weighted by molar-refractivity contribution is 5.19. The molecule has 0 saturated heterocycles. The van der Waals surface area contributed by atoms with Gasteiger partial charge in [0.25, 0.3) is 0 Å². The summed E-state index contributed by atoms with van der Waals surface area (Å²) < 4.78 is 0. The molecule has 0 aromatic carbocycles. The Balaban J connectivity index is 2.37. The van der Waals surface area contributed by atoms with Gasteiger partial charge in [-0.15, -0.1) is 0 Å². The van der Waals surface area contributed by atoms with Crippen LogP contribution in [-0.2, 0) is 0 Å². The van der Waals surface area contributed by atoms with E-state index in [1.807, 2.05) is 0 Å². The van der Waals surface area contributed by atoms with E-state index in [1.165, 1.54) is 18.5 Å². The molecule has 0 amide bonds. The van der Waals surface area contributed by atoms with E-state index in [-0.39, 0.29) is 0 Å². The molecule has 0 aromatic rings. The molecule has 1 rings (SSSR count). The lowest BCUT2D eigenvalue weighted by molar-refractivity contribution is 0.409. The molecule has 0 fully saturated rings. The molecule has 1 aliphatic rings. The molecule has 0 radical (unpaired) electrons. The van der Waals surface area contributed by atoms with Gasteiger partial charge >= 0.3 is 0 Å². The zero-order chi connectivity index (χ0) is 7.40. The van der Waals surface area contributed by atoms with Crippen molar-refractivity contribution in [1.29, 1.82) is 0 Å². The van der Waals surface area contributed by atoms with E-state index in [4.69, 9.17) is 0 Å². The molecular weight excluding hydrogens is 122 g/mol. The number of hydrogen-bond acceptors (Lipinski definition) is 1. The van der Waals surface area contributed by atoms with Crippen LogP contribution in [0.15, 0.2) is 23.9 Å². The van der Waals surface area contributed by atoms with Crippen LogP contribution < -0.4 is 0 Å². The topological polar surface area (TPSA) is 3.24 Å². The largest absolute Gasteiger partial charge is 0.374 e. The predicted octanol–water partition coefficient (Wildman–Crippen LogP) is 2.17. The summed E-state index contributed by atoms with van der Waals surface area (Å²) in [5.74, 6) is 0. The minimum Gasteiger partial charge on any atom is -0.374 e. The average molecular weight is 137 g/mol. The van der Waals surface area contributed by atoms with Crippen molar-refractivity contribution in [2.75, 3.05) is 13.1 Å². The van der Waals surface area contributed by atoms with E-state index in [0.717, 1.165) is 6.54 Å². The Morgan fingerprint density at radius 1 is 1.60 bits per heavy atom. The van der Waals surface area contributed by atoms with Gasteiger partial charge in [-0.25, -0.2) is 0 Å². The van der Waals surface area contributed by atoms with Gasteiger partial charge in [-0.05, 0) is 25.6 Å². The van der Waals surface area contributed by atoms with Crippen LogP contribution in [0.4, 0.5) is 0 Å². The van der Waals surface area contributed by atoms with Gasteiger partial charge in [0.05, 0.1) is 0 Å². The highest BCUT2D eigenvalue weighted by Gasteiger charge is 1.98. The second kappa shape index (κ2) is 3.45. The van der Waals surface area contributed by atoms with Crippen LogP contribution in [0.1, 0.15) is 20.3 Å². The molecule has 0 atom stereocenters. The normalized spacial score (nSPS) is 17.4. The Morgan fingerprint density at radius 3 is 2.90 bits per heavy atom. The second-order valence-electron chi connectivity index (χ2n) is 2.76. The Hall–Kier alpha value is -0.720. The summed E-state index contributed by atoms with van der Waals surface area (Å²) in [4.78, 5) is 2.33. The fourth-order valence-corrected chi connectivity index (χ4v) is 1.07. The van der Waals surface area contributed by atoms with Crippen molar-refractivity contribution < 1.29 is 0 Å². The van der Waals surface area contributed by atoms with Crippen molar-refractivity contribution in [2.45, 2.75) is 20.3 Å². The smallest absolute Gasteiger partial charge is 0.0359 e. The van der Waals surface area contributed by atoms with Crippen molar-refractivity contribution in [3.63, 3.8) is 0 Å². The molecule has 0 bridgehead atoms. The first-order chi connectivity index (χ1) is 4.83. The summed E-state index contributed by atoms with van der Waals surface area (Å²) in [6, 6.07) is 0. The Bertz CT molecular complexity index is 156. The highest BCUT2D eigenvalue weighted by Crippen LogP contribution is 2.05. The first-order valence-corrected chi connectivity index (χ1v) is 3.92. The molecular formula is C9H15N. The van der Waals surface area contributed by atoms with E-state index >= 15 is 0 Å². The summed E-state index contributed by atoms with van der Waals surface area (Å²) in [6.45, 7) is 6.62. The van der Waals surface area contributed by atoms with E-state index < -0.39 is 0 Å². The average Bonchev–Trinajstić information content (AvgIpc) is 1.95. The SMILES string of the molecule is CCCN1C=CC(C)=CC1. The fourth-order valence-electron chi connectivity index (χ4n) is 1.07. The van der Waals surface area contributed by atoms with E-state index in [2.05, 4.69) is 37.1 Å². The van der Waals surface area contributed by atoms with E-state index in [1.54, 1.807) is 0 Å². The first-order valence-electron chi connectivity index (χ1n) is 3.92. The maximum absolute atomic E-state index is 2.33. The molecule has 1 heterocycles. The Labute approximate surface area is 63.0 Å². The van der Waals surface area contributed by atoms with E-state index in [0.29, 0.717) is 0 Å². The van der Waals surface area contributed by atoms with Crippen LogP contribution in [-0.4, -0.2) is 18.0 Å². The molecule has 1 nitrogen and oxygen atoms in total. The molecule has 0 aliphatic carbocycles. The van der Waals surface area contributed by atoms with Gasteiger partial charge in [-0.1, -0.05) is 18.6 Å². The van der Waals surface area contributed by atoms with Gasteiger partial charge < -0.3 is 4.90 Å². The summed E-state index contributed by atoms with van der Waals surface area (Å²) in [5.41, 5.74) is 1.38. The third kappa shape index (κ3) is 1.90. The third-order valence-electron chi connectivity index (χ3n) is 1.71. The van der Waals surface area contributed by atoms with Crippen LogP contribution >= 0.6 is 0 Å². The summed E-state index contributed by atoms with van der Waals surface area (Å²) >= 11 is 0. The van der Waals surface area contributed by atoms with Crippen molar-refractivity contribution >= 4 is 0 Å². The zero-order valence-electron chi connectivity index (χ0n) is 6.80. The number of hydrogen-bond donors (Lipinski definition) is 0. The van der Waals surface area contributed by atoms with Crippen molar-refractivity contribution in [3.8, 4) is 0 Å². The molecule has 56 valence electrons. The predicted molar refractivity (Wildman–Crippen MR) is 44.8 cm³/mol. The van der Waals surface area contributed by atoms with Gasteiger partial charge in [0, 0.05) is 13.1 Å². The summed E-state index contributed by atoms with van der Waals surface area (Å²) in [6.07, 6.45) is 7.84. The first kappa shape index (κ1) is 7.39. The zero-order valence-corrected chi connectivity index (χ0v) is 6.80. The van der Waals surface area contributed by atoms with Crippen LogP contribution in [0.2, 0.25) is 0 Å². The number of allylic oxidation sites excluding steroid dienone is 2. The standard InChI is InChI=1S/C9H15N/c1-3-6-10-7-4-9(2)5-8-10/h4-5,7H,3,6,8H2,1-2H3. The molecule has 1 heteroatoms. The summed E-state index contributed by atoms with van der Waals surface area (Å²) in [5, 5.41) is 0. The molecule has 0 unspecified atom stereocenters. The minimum absolute atomic E-state index is 1.09. The van der Waals surface area contributed by atoms with Crippen molar-refractivity contribution in [2.24, 2.45) is 0 Å². The maximum atomic E-state index is 2.33. The second-order valence-corrected chi connectivity index (χ2v) is 2.76. The van der Waals surface area contributed by atoms with Gasteiger partial charge in [0.1, 0.15) is 0 Å². The highest BCUT2D eigenvalue weighted by atomic mass is 15.1. The molecule has 0 N–H and O–H groups in total. The third-order valence-corrected chi connectivity index (χ3v) is 1.71. The lowest BCUT2D eigenvalue weighted by Crippen LogP contribution is -2.20. The monoisotopic (exact) mass is 137 g/mol. The van der Waals surface area contributed by atoms with Gasteiger partial charge in [0.2, 0.25) is 0 Å².